The van der Waals surface area contributed by atoms with Crippen molar-refractivity contribution < 1.29 is 4.74 Å². The predicted octanol–water partition coefficient (Wildman–Crippen LogP) is 2.99. The summed E-state index contributed by atoms with van der Waals surface area (Å²) in [5.41, 5.74) is 3.04. The molecule has 120 valence electrons. The quantitative estimate of drug-likeness (QED) is 0.653. The molecular weight excluding hydrogens is 302 g/mol. The summed E-state index contributed by atoms with van der Waals surface area (Å²) in [6.07, 6.45) is 4.16. The molecule has 0 aliphatic carbocycles. The number of nitrogens with zero attached hydrogens (tertiary/aromatic N) is 5. The minimum absolute atomic E-state index is 0.308. The van der Waals surface area contributed by atoms with Crippen molar-refractivity contribution in [2.45, 2.75) is 19.9 Å². The molecule has 6 heteroatoms. The zero-order valence-corrected chi connectivity index (χ0v) is 13.4. The fourth-order valence-corrected chi connectivity index (χ4v) is 2.37. The molecule has 0 saturated carbocycles. The maximum absolute atomic E-state index is 9.22. The monoisotopic (exact) mass is 319 g/mol. The van der Waals surface area contributed by atoms with E-state index in [1.54, 1.807) is 17.1 Å². The van der Waals surface area contributed by atoms with Gasteiger partial charge in [-0.25, -0.2) is 4.68 Å². The highest BCUT2D eigenvalue weighted by Gasteiger charge is 2.14. The van der Waals surface area contributed by atoms with Crippen molar-refractivity contribution in [1.29, 1.82) is 5.26 Å². The Balaban J connectivity index is 1.65. The number of aromatic nitrogens is 4. The van der Waals surface area contributed by atoms with Crippen LogP contribution in [0.4, 0.5) is 0 Å². The lowest BCUT2D eigenvalue weighted by Gasteiger charge is -2.08. The molecule has 0 N–H and O–H groups in total. The topological polar surface area (TPSA) is 76.6 Å². The Morgan fingerprint density at radius 2 is 2.04 bits per heavy atom. The molecule has 2 heterocycles. The largest absolute Gasteiger partial charge is 0.494 e. The molecule has 24 heavy (non-hydrogen) atoms. The maximum atomic E-state index is 9.22. The molecule has 3 aromatic rings. The molecule has 2 aromatic heterocycles. The van der Waals surface area contributed by atoms with Crippen molar-refractivity contribution in [3.8, 4) is 23.1 Å². The second-order valence-corrected chi connectivity index (χ2v) is 5.38. The molecule has 0 aliphatic rings. The van der Waals surface area contributed by atoms with Gasteiger partial charge < -0.3 is 4.74 Å². The van der Waals surface area contributed by atoms with Gasteiger partial charge in [-0.3, -0.25) is 4.98 Å². The third-order valence-corrected chi connectivity index (χ3v) is 3.58. The molecule has 6 nitrogen and oxygen atoms in total. The zero-order chi connectivity index (χ0) is 16.8. The normalized spacial score (nSPS) is 10.3. The lowest BCUT2D eigenvalue weighted by atomic mass is 10.1. The van der Waals surface area contributed by atoms with Crippen molar-refractivity contribution >= 4 is 0 Å². The first-order valence-corrected chi connectivity index (χ1v) is 7.71. The van der Waals surface area contributed by atoms with Crippen LogP contribution in [0.3, 0.4) is 0 Å². The van der Waals surface area contributed by atoms with Gasteiger partial charge in [0.2, 0.25) is 0 Å². The average molecular weight is 319 g/mol. The number of aryl methyl sites for hydroxylation is 2. The van der Waals surface area contributed by atoms with Crippen molar-refractivity contribution in [3.63, 3.8) is 0 Å². The average Bonchev–Trinajstić information content (AvgIpc) is 3.04. The third-order valence-electron chi connectivity index (χ3n) is 3.58. The van der Waals surface area contributed by atoms with E-state index in [0.29, 0.717) is 24.5 Å². The summed E-state index contributed by atoms with van der Waals surface area (Å²) in [4.78, 5) is 4.10. The maximum Gasteiger partial charge on any atom is 0.190 e. The van der Waals surface area contributed by atoms with Crippen LogP contribution in [0.5, 0.6) is 5.75 Å². The van der Waals surface area contributed by atoms with E-state index in [1.165, 1.54) is 5.56 Å². The van der Waals surface area contributed by atoms with Crippen LogP contribution in [0, 0.1) is 18.3 Å². The highest BCUT2D eigenvalue weighted by atomic mass is 16.5. The van der Waals surface area contributed by atoms with E-state index in [9.17, 15) is 5.26 Å². The Kier molecular flexibility index (Phi) is 4.82. The number of benzene rings is 1. The minimum atomic E-state index is 0.308. The van der Waals surface area contributed by atoms with E-state index in [4.69, 9.17) is 4.74 Å². The Morgan fingerprint density at radius 3 is 2.75 bits per heavy atom. The lowest BCUT2D eigenvalue weighted by molar-refractivity contribution is 0.298. The van der Waals surface area contributed by atoms with Gasteiger partial charge >= 0.3 is 0 Å². The molecule has 0 spiro atoms. The molecule has 0 amide bonds. The van der Waals surface area contributed by atoms with Crippen molar-refractivity contribution in [1.82, 2.24) is 20.0 Å². The van der Waals surface area contributed by atoms with Crippen LogP contribution < -0.4 is 4.74 Å². The molecule has 0 unspecified atom stereocenters. The van der Waals surface area contributed by atoms with E-state index < -0.39 is 0 Å². The Morgan fingerprint density at radius 1 is 1.21 bits per heavy atom. The van der Waals surface area contributed by atoms with Crippen LogP contribution in [0.1, 0.15) is 17.7 Å². The first-order chi connectivity index (χ1) is 11.8. The van der Waals surface area contributed by atoms with Gasteiger partial charge in [-0.05, 0) is 31.2 Å². The molecule has 0 bridgehead atoms. The first kappa shape index (κ1) is 15.7. The number of pyridine rings is 1. The van der Waals surface area contributed by atoms with E-state index in [0.717, 1.165) is 17.7 Å². The van der Waals surface area contributed by atoms with Gasteiger partial charge in [0.1, 0.15) is 17.5 Å². The molecule has 1 aromatic carbocycles. The summed E-state index contributed by atoms with van der Waals surface area (Å²) >= 11 is 0. The molecular formula is C18H17N5O. The van der Waals surface area contributed by atoms with Crippen LogP contribution in [0.25, 0.3) is 11.3 Å². The summed E-state index contributed by atoms with van der Waals surface area (Å²) in [6.45, 7) is 3.23. The minimum Gasteiger partial charge on any atom is -0.494 e. The van der Waals surface area contributed by atoms with Gasteiger partial charge in [0.05, 0.1) is 6.61 Å². The number of rotatable bonds is 6. The van der Waals surface area contributed by atoms with Crippen LogP contribution in [0.2, 0.25) is 0 Å². The Hall–Kier alpha value is -3.20. The molecule has 0 atom stereocenters. The molecule has 3 rings (SSSR count). The Labute approximate surface area is 140 Å². The van der Waals surface area contributed by atoms with Crippen LogP contribution in [0.15, 0.2) is 48.8 Å². The third kappa shape index (κ3) is 3.58. The molecule has 0 radical (unpaired) electrons. The van der Waals surface area contributed by atoms with E-state index in [-0.39, 0.29) is 0 Å². The van der Waals surface area contributed by atoms with Crippen molar-refractivity contribution in [3.05, 3.63) is 60.0 Å². The predicted molar refractivity (Wildman–Crippen MR) is 89.3 cm³/mol. The van der Waals surface area contributed by atoms with E-state index in [2.05, 4.69) is 21.4 Å². The highest BCUT2D eigenvalue weighted by Crippen LogP contribution is 2.21. The standard InChI is InChI=1S/C18H17N5O/c1-14-5-7-16(8-6-14)24-11-3-10-23-18(17(12-19)21-22-23)15-4-2-9-20-13-15/h2,4-9,13H,3,10-11H2,1H3. The van der Waals surface area contributed by atoms with Crippen molar-refractivity contribution in [2.75, 3.05) is 6.61 Å². The zero-order valence-electron chi connectivity index (χ0n) is 13.4. The van der Waals surface area contributed by atoms with Crippen LogP contribution in [-0.4, -0.2) is 26.6 Å². The van der Waals surface area contributed by atoms with Crippen LogP contribution >= 0.6 is 0 Å². The van der Waals surface area contributed by atoms with Gasteiger partial charge in [-0.2, -0.15) is 5.26 Å². The van der Waals surface area contributed by atoms with Crippen molar-refractivity contribution in [2.24, 2.45) is 0 Å². The van der Waals surface area contributed by atoms with Gasteiger partial charge in [0.15, 0.2) is 5.69 Å². The number of nitriles is 1. The fourth-order valence-electron chi connectivity index (χ4n) is 2.37. The van der Waals surface area contributed by atoms with Gasteiger partial charge in [0.25, 0.3) is 0 Å². The van der Waals surface area contributed by atoms with Gasteiger partial charge in [0, 0.05) is 30.9 Å². The van der Waals surface area contributed by atoms with E-state index in [1.807, 2.05) is 43.3 Å². The number of ether oxygens (including phenoxy) is 1. The number of hydrogen-bond donors (Lipinski definition) is 0. The van der Waals surface area contributed by atoms with Crippen LogP contribution in [-0.2, 0) is 6.54 Å². The Bertz CT molecular complexity index is 834. The summed E-state index contributed by atoms with van der Waals surface area (Å²) in [5, 5.41) is 17.2. The molecule has 0 fully saturated rings. The fraction of sp³-hybridized carbons (Fsp3) is 0.222. The SMILES string of the molecule is Cc1ccc(OCCCn2nnc(C#N)c2-c2cccnc2)cc1. The number of hydrogen-bond acceptors (Lipinski definition) is 5. The first-order valence-electron chi connectivity index (χ1n) is 7.71. The molecule has 0 aliphatic heterocycles. The molecule has 0 saturated heterocycles. The second kappa shape index (κ2) is 7.38. The summed E-state index contributed by atoms with van der Waals surface area (Å²) in [5.74, 6) is 0.851. The summed E-state index contributed by atoms with van der Waals surface area (Å²) in [7, 11) is 0. The second-order valence-electron chi connectivity index (χ2n) is 5.38. The van der Waals surface area contributed by atoms with Gasteiger partial charge in [-0.1, -0.05) is 22.9 Å². The summed E-state index contributed by atoms with van der Waals surface area (Å²) in [6, 6.07) is 13.8. The highest BCUT2D eigenvalue weighted by molar-refractivity contribution is 5.63. The summed E-state index contributed by atoms with van der Waals surface area (Å²) < 4.78 is 7.45. The smallest absolute Gasteiger partial charge is 0.190 e. The van der Waals surface area contributed by atoms with Gasteiger partial charge in [-0.15, -0.1) is 5.10 Å². The lowest BCUT2D eigenvalue weighted by Crippen LogP contribution is -2.07. The van der Waals surface area contributed by atoms with E-state index >= 15 is 0 Å².